The van der Waals surface area contributed by atoms with E-state index in [0.717, 1.165) is 40.7 Å². The molecule has 2 aromatic heterocycles. The Balaban J connectivity index is 1.28. The minimum absolute atomic E-state index is 0.290. The molecule has 0 radical (unpaired) electrons. The highest BCUT2D eigenvalue weighted by Gasteiger charge is 2.45. The normalized spacial score (nSPS) is 19.4. The lowest BCUT2D eigenvalue weighted by Crippen LogP contribution is -2.34. The van der Waals surface area contributed by atoms with E-state index in [1.54, 1.807) is 36.4 Å². The Hall–Kier alpha value is -2.49. The molecule has 1 aliphatic rings. The predicted molar refractivity (Wildman–Crippen MR) is 146 cm³/mol. The quantitative estimate of drug-likeness (QED) is 0.221. The molecule has 2 atom stereocenters. The van der Waals surface area contributed by atoms with Crippen LogP contribution in [0.2, 0.25) is 10.0 Å². The van der Waals surface area contributed by atoms with Crippen LogP contribution in [0.3, 0.4) is 0 Å². The summed E-state index contributed by atoms with van der Waals surface area (Å²) in [6, 6.07) is 13.3. The molecule has 3 heterocycles. The maximum atomic E-state index is 6.56. The zero-order valence-corrected chi connectivity index (χ0v) is 22.9. The first-order valence-electron chi connectivity index (χ1n) is 12.1. The molecule has 0 saturated carbocycles. The van der Waals surface area contributed by atoms with Crippen molar-refractivity contribution in [1.29, 1.82) is 0 Å². The number of H-pyrrole nitrogens is 1. The van der Waals surface area contributed by atoms with E-state index < -0.39 is 5.79 Å². The van der Waals surface area contributed by atoms with Crippen LogP contribution < -0.4 is 4.74 Å². The molecule has 1 aliphatic heterocycles. The fourth-order valence-electron chi connectivity index (χ4n) is 4.43. The molecule has 1 saturated heterocycles. The summed E-state index contributed by atoms with van der Waals surface area (Å²) in [5, 5.41) is 1.96. The molecule has 5 rings (SSSR count). The Kier molecular flexibility index (Phi) is 8.12. The van der Waals surface area contributed by atoms with Gasteiger partial charge in [-0.05, 0) is 49.1 Å². The molecule has 2 aromatic carbocycles. The van der Waals surface area contributed by atoms with E-state index >= 15 is 0 Å². The predicted octanol–water partition coefficient (Wildman–Crippen LogP) is 6.60. The zero-order chi connectivity index (χ0) is 25.8. The number of thioether (sulfide) groups is 1. The standard InChI is InChI=1S/C27H28Cl2N4O3S/c1-3-4-24-25(32-26(31-24)37-2)18-5-8-20(9-6-18)34-14-21-15-35-27(36-21,16-33-12-11-30-17-33)22-10-7-19(28)13-23(22)29/h5-13,17,21H,3-4,14-16H2,1-2H3,(H,31,32)/t21-,27-/m1/s1. The summed E-state index contributed by atoms with van der Waals surface area (Å²) in [5.74, 6) is -0.327. The van der Waals surface area contributed by atoms with Gasteiger partial charge in [-0.25, -0.2) is 9.97 Å². The first kappa shape index (κ1) is 26.1. The number of rotatable bonds is 10. The van der Waals surface area contributed by atoms with Crippen molar-refractivity contribution < 1.29 is 14.2 Å². The third-order valence-corrected chi connectivity index (χ3v) is 7.29. The van der Waals surface area contributed by atoms with Crippen LogP contribution in [0.15, 0.2) is 66.3 Å². The van der Waals surface area contributed by atoms with Gasteiger partial charge in [0.1, 0.15) is 18.5 Å². The van der Waals surface area contributed by atoms with Crippen LogP contribution in [0, 0.1) is 0 Å². The number of aromatic amines is 1. The molecule has 7 nitrogen and oxygen atoms in total. The molecule has 1 fully saturated rings. The summed E-state index contributed by atoms with van der Waals surface area (Å²) in [5.41, 5.74) is 3.93. The Morgan fingerprint density at radius 3 is 2.76 bits per heavy atom. The number of nitrogens with one attached hydrogen (secondary N) is 1. The largest absolute Gasteiger partial charge is 0.491 e. The number of halogens is 2. The second-order valence-corrected chi connectivity index (χ2v) is 10.5. The van der Waals surface area contributed by atoms with Crippen LogP contribution >= 0.6 is 35.0 Å². The minimum Gasteiger partial charge on any atom is -0.491 e. The van der Waals surface area contributed by atoms with Gasteiger partial charge in [-0.3, -0.25) is 0 Å². The van der Waals surface area contributed by atoms with Crippen LogP contribution in [0.25, 0.3) is 11.3 Å². The molecule has 194 valence electrons. The Labute approximate surface area is 230 Å². The van der Waals surface area contributed by atoms with E-state index in [0.29, 0.717) is 35.4 Å². The molecule has 4 aromatic rings. The maximum absolute atomic E-state index is 6.56. The van der Waals surface area contributed by atoms with Crippen LogP contribution in [0.5, 0.6) is 5.75 Å². The Morgan fingerprint density at radius 1 is 1.22 bits per heavy atom. The van der Waals surface area contributed by atoms with Crippen molar-refractivity contribution in [3.63, 3.8) is 0 Å². The monoisotopic (exact) mass is 558 g/mol. The highest BCUT2D eigenvalue weighted by Crippen LogP contribution is 2.40. The van der Waals surface area contributed by atoms with Gasteiger partial charge in [-0.2, -0.15) is 0 Å². The smallest absolute Gasteiger partial charge is 0.215 e. The first-order valence-corrected chi connectivity index (χ1v) is 14.1. The van der Waals surface area contributed by atoms with Crippen molar-refractivity contribution in [3.05, 3.63) is 82.5 Å². The number of nitrogens with zero attached hydrogens (tertiary/aromatic N) is 3. The van der Waals surface area contributed by atoms with Crippen LogP contribution in [0.1, 0.15) is 24.6 Å². The van der Waals surface area contributed by atoms with Gasteiger partial charge < -0.3 is 23.8 Å². The van der Waals surface area contributed by atoms with Crippen molar-refractivity contribution >= 4 is 35.0 Å². The Bertz CT molecular complexity index is 1330. The van der Waals surface area contributed by atoms with Crippen molar-refractivity contribution in [2.24, 2.45) is 0 Å². The van der Waals surface area contributed by atoms with Crippen molar-refractivity contribution in [3.8, 4) is 17.0 Å². The Morgan fingerprint density at radius 2 is 2.05 bits per heavy atom. The number of aromatic nitrogens is 4. The number of aryl methyl sites for hydroxylation is 1. The summed E-state index contributed by atoms with van der Waals surface area (Å²) in [6.45, 7) is 3.24. The lowest BCUT2D eigenvalue weighted by atomic mass is 10.1. The van der Waals surface area contributed by atoms with Gasteiger partial charge in [0.2, 0.25) is 5.79 Å². The van der Waals surface area contributed by atoms with Crippen LogP contribution in [-0.4, -0.2) is 45.1 Å². The average molecular weight is 560 g/mol. The van der Waals surface area contributed by atoms with E-state index in [2.05, 4.69) is 16.9 Å². The number of ether oxygens (including phenoxy) is 3. The van der Waals surface area contributed by atoms with Crippen molar-refractivity contribution in [1.82, 2.24) is 19.5 Å². The summed E-state index contributed by atoms with van der Waals surface area (Å²) in [4.78, 5) is 12.3. The minimum atomic E-state index is -1.08. The van der Waals surface area contributed by atoms with Gasteiger partial charge in [0.05, 0.1) is 30.2 Å². The molecular weight excluding hydrogens is 531 g/mol. The molecule has 0 bridgehead atoms. The van der Waals surface area contributed by atoms with Gasteiger partial charge >= 0.3 is 0 Å². The number of benzene rings is 2. The topological polar surface area (TPSA) is 74.2 Å². The van der Waals surface area contributed by atoms with Gasteiger partial charge in [0, 0.05) is 34.2 Å². The van der Waals surface area contributed by atoms with E-state index in [4.69, 9.17) is 42.4 Å². The molecule has 0 aliphatic carbocycles. The van der Waals surface area contributed by atoms with Crippen molar-refractivity contribution in [2.75, 3.05) is 19.5 Å². The molecule has 1 N–H and O–H groups in total. The second kappa shape index (κ2) is 11.5. The third-order valence-electron chi connectivity index (χ3n) is 6.16. The average Bonchev–Trinajstić information content (AvgIpc) is 3.64. The maximum Gasteiger partial charge on any atom is 0.215 e. The van der Waals surface area contributed by atoms with E-state index in [-0.39, 0.29) is 6.10 Å². The number of hydrogen-bond donors (Lipinski definition) is 1. The SMILES string of the molecule is CCCc1[nH]c(SC)nc1-c1ccc(OC[C@@H]2CO[C@@](Cn3ccnc3)(c3ccc(Cl)cc3Cl)O2)cc1. The van der Waals surface area contributed by atoms with Crippen LogP contribution in [0.4, 0.5) is 0 Å². The molecule has 10 heteroatoms. The highest BCUT2D eigenvalue weighted by molar-refractivity contribution is 7.98. The third kappa shape index (κ3) is 5.84. The van der Waals surface area contributed by atoms with E-state index in [9.17, 15) is 0 Å². The summed E-state index contributed by atoms with van der Waals surface area (Å²) >= 11 is 14.3. The summed E-state index contributed by atoms with van der Waals surface area (Å²) in [7, 11) is 0. The van der Waals surface area contributed by atoms with Gasteiger partial charge in [0.25, 0.3) is 0 Å². The van der Waals surface area contributed by atoms with Gasteiger partial charge in [-0.15, -0.1) is 0 Å². The highest BCUT2D eigenvalue weighted by atomic mass is 35.5. The van der Waals surface area contributed by atoms with Crippen molar-refractivity contribution in [2.45, 2.75) is 43.4 Å². The van der Waals surface area contributed by atoms with Crippen LogP contribution in [-0.2, 0) is 28.2 Å². The second-order valence-electron chi connectivity index (χ2n) is 8.82. The van der Waals surface area contributed by atoms with E-state index in [1.807, 2.05) is 47.4 Å². The molecule has 0 amide bonds. The molecule has 0 unspecified atom stereocenters. The lowest BCUT2D eigenvalue weighted by molar-refractivity contribution is -0.189. The summed E-state index contributed by atoms with van der Waals surface area (Å²) < 4.78 is 20.7. The van der Waals surface area contributed by atoms with Gasteiger partial charge in [-0.1, -0.05) is 54.4 Å². The van der Waals surface area contributed by atoms with E-state index in [1.165, 1.54) is 0 Å². The fourth-order valence-corrected chi connectivity index (χ4v) is 5.39. The lowest BCUT2D eigenvalue weighted by Gasteiger charge is -2.30. The fraction of sp³-hybridized carbons (Fsp3) is 0.333. The number of imidazole rings is 2. The first-order chi connectivity index (χ1) is 18.0. The molecular formula is C27H28Cl2N4O3S. The summed E-state index contributed by atoms with van der Waals surface area (Å²) in [6.07, 6.45) is 9.03. The number of hydrogen-bond acceptors (Lipinski definition) is 6. The zero-order valence-electron chi connectivity index (χ0n) is 20.6. The van der Waals surface area contributed by atoms with Gasteiger partial charge in [0.15, 0.2) is 5.16 Å². The molecule has 37 heavy (non-hydrogen) atoms. The molecule has 0 spiro atoms.